The van der Waals surface area contributed by atoms with E-state index in [4.69, 9.17) is 10.5 Å². The zero-order valence-corrected chi connectivity index (χ0v) is 16.0. The van der Waals surface area contributed by atoms with Gasteiger partial charge in [0, 0.05) is 17.8 Å². The first-order valence-corrected chi connectivity index (χ1v) is 10.2. The third-order valence-corrected chi connectivity index (χ3v) is 5.31. The molecule has 3 N–H and O–H groups in total. The van der Waals surface area contributed by atoms with Crippen LogP contribution >= 0.6 is 0 Å². The van der Waals surface area contributed by atoms with E-state index in [9.17, 15) is 13.2 Å². The molecule has 1 amide bonds. The van der Waals surface area contributed by atoms with E-state index in [0.29, 0.717) is 0 Å². The molecule has 0 saturated carbocycles. The summed E-state index contributed by atoms with van der Waals surface area (Å²) < 4.78 is 28.7. The molecule has 7 nitrogen and oxygen atoms in total. The van der Waals surface area contributed by atoms with Crippen LogP contribution in [-0.4, -0.2) is 50.3 Å². The topological polar surface area (TPSA) is 102 Å². The van der Waals surface area contributed by atoms with Crippen LogP contribution in [0.2, 0.25) is 0 Å². The van der Waals surface area contributed by atoms with E-state index >= 15 is 0 Å². The Morgan fingerprint density at radius 1 is 1.28 bits per heavy atom. The minimum absolute atomic E-state index is 0.0882. The lowest BCUT2D eigenvalue weighted by atomic mass is 9.98. The van der Waals surface area contributed by atoms with Crippen LogP contribution in [0.25, 0.3) is 0 Å². The van der Waals surface area contributed by atoms with Gasteiger partial charge in [-0.1, -0.05) is 0 Å². The summed E-state index contributed by atoms with van der Waals surface area (Å²) in [5.74, 6) is 0.167. The smallest absolute Gasteiger partial charge is 0.408 e. The number of rotatable bonds is 3. The molecule has 0 bridgehead atoms. The van der Waals surface area contributed by atoms with Gasteiger partial charge in [0.1, 0.15) is 0 Å². The van der Waals surface area contributed by atoms with Crippen molar-refractivity contribution < 1.29 is 17.9 Å². The van der Waals surface area contributed by atoms with Gasteiger partial charge in [-0.25, -0.2) is 13.2 Å². The molecule has 2 rings (SSSR count). The Hall–Kier alpha value is -1.80. The van der Waals surface area contributed by atoms with E-state index in [-0.39, 0.29) is 22.4 Å². The zero-order valence-electron chi connectivity index (χ0n) is 15.2. The molecule has 1 heterocycles. The van der Waals surface area contributed by atoms with Gasteiger partial charge in [-0.05, 0) is 64.9 Å². The SMILES string of the molecule is CC(C)(C)N(C(=O)Oc1ccc(S(C)(=O)=O)cc1N)C1CCNCC1. The van der Waals surface area contributed by atoms with Crippen LogP contribution in [0, 0.1) is 0 Å². The highest BCUT2D eigenvalue weighted by Crippen LogP contribution is 2.28. The molecule has 1 fully saturated rings. The Bertz CT molecular complexity index is 735. The number of hydrogen-bond donors (Lipinski definition) is 2. The number of anilines is 1. The molecule has 1 aliphatic rings. The van der Waals surface area contributed by atoms with Crippen molar-refractivity contribution in [3.63, 3.8) is 0 Å². The number of nitrogen functional groups attached to an aromatic ring is 1. The van der Waals surface area contributed by atoms with Crippen LogP contribution in [0.5, 0.6) is 5.75 Å². The number of nitrogens with zero attached hydrogens (tertiary/aromatic N) is 1. The van der Waals surface area contributed by atoms with Crippen molar-refractivity contribution in [2.75, 3.05) is 25.1 Å². The number of amides is 1. The number of nitrogens with one attached hydrogen (secondary N) is 1. The van der Waals surface area contributed by atoms with Crippen molar-refractivity contribution in [3.05, 3.63) is 18.2 Å². The molecule has 8 heteroatoms. The predicted octanol–water partition coefficient (Wildman–Crippen LogP) is 2.02. The number of sulfone groups is 1. The number of nitrogens with two attached hydrogens (primary N) is 1. The molecule has 25 heavy (non-hydrogen) atoms. The molecule has 0 atom stereocenters. The van der Waals surface area contributed by atoms with Crippen LogP contribution in [0.1, 0.15) is 33.6 Å². The highest BCUT2D eigenvalue weighted by atomic mass is 32.2. The molecule has 0 aliphatic carbocycles. The summed E-state index contributed by atoms with van der Waals surface area (Å²) in [6.45, 7) is 7.61. The summed E-state index contributed by atoms with van der Waals surface area (Å²) >= 11 is 0. The lowest BCUT2D eigenvalue weighted by molar-refractivity contribution is 0.0646. The highest BCUT2D eigenvalue weighted by Gasteiger charge is 2.35. The molecule has 1 aliphatic heterocycles. The highest BCUT2D eigenvalue weighted by molar-refractivity contribution is 7.90. The number of carbonyl (C=O) groups is 1. The molecule has 1 saturated heterocycles. The van der Waals surface area contributed by atoms with E-state index in [0.717, 1.165) is 32.2 Å². The molecule has 0 aromatic heterocycles. The van der Waals surface area contributed by atoms with Crippen LogP contribution in [0.4, 0.5) is 10.5 Å². The maximum Gasteiger partial charge on any atom is 0.415 e. The Morgan fingerprint density at radius 3 is 2.36 bits per heavy atom. The van der Waals surface area contributed by atoms with Gasteiger partial charge < -0.3 is 15.8 Å². The van der Waals surface area contributed by atoms with Crippen LogP contribution in [-0.2, 0) is 9.84 Å². The van der Waals surface area contributed by atoms with Crippen molar-refractivity contribution in [2.24, 2.45) is 0 Å². The lowest BCUT2D eigenvalue weighted by Crippen LogP contribution is -2.55. The summed E-state index contributed by atoms with van der Waals surface area (Å²) in [6.07, 6.45) is 2.34. The van der Waals surface area contributed by atoms with E-state index in [1.54, 1.807) is 4.90 Å². The fraction of sp³-hybridized carbons (Fsp3) is 0.588. The Balaban J connectivity index is 2.23. The maximum absolute atomic E-state index is 12.8. The van der Waals surface area contributed by atoms with Crippen molar-refractivity contribution in [1.82, 2.24) is 10.2 Å². The van der Waals surface area contributed by atoms with E-state index < -0.39 is 21.5 Å². The van der Waals surface area contributed by atoms with Crippen molar-refractivity contribution in [1.29, 1.82) is 0 Å². The fourth-order valence-corrected chi connectivity index (χ4v) is 3.69. The van der Waals surface area contributed by atoms with Gasteiger partial charge in [0.2, 0.25) is 0 Å². The maximum atomic E-state index is 12.8. The number of piperidine rings is 1. The molecule has 1 aromatic rings. The normalized spacial score (nSPS) is 16.5. The second-order valence-corrected chi connectivity index (χ2v) is 9.38. The van der Waals surface area contributed by atoms with Gasteiger partial charge in [0.05, 0.1) is 10.6 Å². The quantitative estimate of drug-likeness (QED) is 0.791. The second-order valence-electron chi connectivity index (χ2n) is 7.36. The molecule has 0 unspecified atom stereocenters. The first-order chi connectivity index (χ1) is 11.5. The van der Waals surface area contributed by atoms with Crippen molar-refractivity contribution in [2.45, 2.75) is 50.1 Å². The summed E-state index contributed by atoms with van der Waals surface area (Å²) in [5.41, 5.74) is 5.60. The van der Waals surface area contributed by atoms with E-state index in [1.165, 1.54) is 18.2 Å². The predicted molar refractivity (Wildman–Crippen MR) is 97.5 cm³/mol. The summed E-state index contributed by atoms with van der Waals surface area (Å²) in [5, 5.41) is 3.28. The van der Waals surface area contributed by atoms with Gasteiger partial charge in [0.15, 0.2) is 15.6 Å². The van der Waals surface area contributed by atoms with E-state index in [2.05, 4.69) is 5.32 Å². The van der Waals surface area contributed by atoms with Gasteiger partial charge in [-0.15, -0.1) is 0 Å². The Morgan fingerprint density at radius 2 is 1.88 bits per heavy atom. The van der Waals surface area contributed by atoms with Gasteiger partial charge in [0.25, 0.3) is 0 Å². The lowest BCUT2D eigenvalue weighted by Gasteiger charge is -2.42. The minimum Gasteiger partial charge on any atom is -0.408 e. The molecule has 0 spiro atoms. The average molecular weight is 369 g/mol. The van der Waals surface area contributed by atoms with Crippen molar-refractivity contribution in [3.8, 4) is 5.75 Å². The Kier molecular flexibility index (Phi) is 5.63. The summed E-state index contributed by atoms with van der Waals surface area (Å²) in [7, 11) is -3.37. The monoisotopic (exact) mass is 369 g/mol. The third-order valence-electron chi connectivity index (χ3n) is 4.20. The van der Waals surface area contributed by atoms with Crippen LogP contribution in [0.15, 0.2) is 23.1 Å². The number of hydrogen-bond acceptors (Lipinski definition) is 6. The zero-order chi connectivity index (χ0) is 18.8. The largest absolute Gasteiger partial charge is 0.415 e. The summed E-state index contributed by atoms with van der Waals surface area (Å²) in [4.78, 5) is 14.6. The van der Waals surface area contributed by atoms with E-state index in [1.807, 2.05) is 20.8 Å². The van der Waals surface area contributed by atoms with Crippen molar-refractivity contribution >= 4 is 21.6 Å². The molecule has 1 aromatic carbocycles. The first-order valence-electron chi connectivity index (χ1n) is 8.31. The standard InChI is InChI=1S/C17H27N3O4S/c1-17(2,3)20(12-7-9-19-10-8-12)16(21)24-15-6-5-13(11-14(15)18)25(4,22)23/h5-6,11-12,19H,7-10,18H2,1-4H3. The van der Waals surface area contributed by atoms with Crippen LogP contribution in [0.3, 0.4) is 0 Å². The third kappa shape index (κ3) is 4.85. The van der Waals surface area contributed by atoms with Gasteiger partial charge in [-0.2, -0.15) is 0 Å². The molecular formula is C17H27N3O4S. The first kappa shape index (κ1) is 19.5. The number of carbonyl (C=O) groups excluding carboxylic acids is 1. The minimum atomic E-state index is -3.37. The average Bonchev–Trinajstić information content (AvgIpc) is 2.48. The Labute approximate surface area is 149 Å². The number of benzene rings is 1. The van der Waals surface area contributed by atoms with Gasteiger partial charge in [-0.3, -0.25) is 4.90 Å². The number of ether oxygens (including phenoxy) is 1. The molecule has 140 valence electrons. The molecular weight excluding hydrogens is 342 g/mol. The van der Waals surface area contributed by atoms with Gasteiger partial charge >= 0.3 is 6.09 Å². The summed E-state index contributed by atoms with van der Waals surface area (Å²) in [6, 6.07) is 4.21. The second kappa shape index (κ2) is 7.21. The fourth-order valence-electron chi connectivity index (χ4n) is 3.03. The van der Waals surface area contributed by atoms with Crippen LogP contribution < -0.4 is 15.8 Å². The molecule has 0 radical (unpaired) electrons.